The van der Waals surface area contributed by atoms with E-state index in [1.54, 1.807) is 6.92 Å². The minimum Gasteiger partial charge on any atom is -0.481 e. The summed E-state index contributed by atoms with van der Waals surface area (Å²) in [5, 5.41) is 11.3. The standard InChI is InChI=1S/C26H27F5N4O5/c1-3-15-11-18-20(25(39)35(15)21-16(27)5-4-6-17(21)28)23(40-13-26(29,30)31)22(33(18)2)24(38)32-14-7-9-34(10-8-14)19(37)12-36/h4-6,11,14,36H,3,7-10,12-13H2,1-2H3,(H,32,38). The Morgan fingerprint density at radius 2 is 1.77 bits per heavy atom. The third kappa shape index (κ3) is 5.53. The van der Waals surface area contributed by atoms with E-state index in [-0.39, 0.29) is 36.4 Å². The third-order valence-electron chi connectivity index (χ3n) is 6.84. The Hall–Kier alpha value is -3.94. The van der Waals surface area contributed by atoms with Gasteiger partial charge in [0.15, 0.2) is 18.1 Å². The summed E-state index contributed by atoms with van der Waals surface area (Å²) in [6.07, 6.45) is -4.06. The summed E-state index contributed by atoms with van der Waals surface area (Å²) >= 11 is 0. The number of hydrogen-bond donors (Lipinski definition) is 2. The number of hydrogen-bond acceptors (Lipinski definition) is 5. The van der Waals surface area contributed by atoms with Crippen molar-refractivity contribution in [2.45, 2.75) is 38.4 Å². The monoisotopic (exact) mass is 570 g/mol. The van der Waals surface area contributed by atoms with Crippen molar-refractivity contribution < 1.29 is 41.4 Å². The normalized spacial score (nSPS) is 14.6. The molecule has 9 nitrogen and oxygen atoms in total. The van der Waals surface area contributed by atoms with Crippen molar-refractivity contribution in [1.82, 2.24) is 19.4 Å². The first-order valence-electron chi connectivity index (χ1n) is 12.5. The first-order valence-corrected chi connectivity index (χ1v) is 12.5. The van der Waals surface area contributed by atoms with Gasteiger partial charge in [-0.05, 0) is 37.5 Å². The van der Waals surface area contributed by atoms with Gasteiger partial charge in [-0.1, -0.05) is 13.0 Å². The van der Waals surface area contributed by atoms with Crippen LogP contribution in [0.15, 0.2) is 29.1 Å². The van der Waals surface area contributed by atoms with Gasteiger partial charge < -0.3 is 24.6 Å². The van der Waals surface area contributed by atoms with Crippen molar-refractivity contribution in [3.63, 3.8) is 0 Å². The van der Waals surface area contributed by atoms with Crippen LogP contribution in [0.3, 0.4) is 0 Å². The lowest BCUT2D eigenvalue weighted by atomic mass is 10.0. The summed E-state index contributed by atoms with van der Waals surface area (Å²) < 4.78 is 76.0. The van der Waals surface area contributed by atoms with E-state index in [1.165, 1.54) is 22.6 Å². The molecule has 0 bridgehead atoms. The Bertz CT molecular complexity index is 1490. The number of aryl methyl sites for hydroxylation is 2. The lowest BCUT2D eigenvalue weighted by Gasteiger charge is -2.32. The van der Waals surface area contributed by atoms with Gasteiger partial charge in [-0.3, -0.25) is 19.0 Å². The van der Waals surface area contributed by atoms with Crippen molar-refractivity contribution in [3.8, 4) is 11.4 Å². The van der Waals surface area contributed by atoms with E-state index >= 15 is 0 Å². The summed E-state index contributed by atoms with van der Waals surface area (Å²) in [6, 6.07) is 3.91. The average molecular weight is 571 g/mol. The van der Waals surface area contributed by atoms with Gasteiger partial charge in [0, 0.05) is 31.9 Å². The molecule has 40 heavy (non-hydrogen) atoms. The maximum Gasteiger partial charge on any atom is 0.422 e. The number of aliphatic hydroxyl groups is 1. The number of para-hydroxylation sites is 1. The number of ether oxygens (including phenoxy) is 1. The van der Waals surface area contributed by atoms with Crippen LogP contribution in [0.4, 0.5) is 22.0 Å². The minimum atomic E-state index is -4.82. The molecule has 4 rings (SSSR count). The van der Waals surface area contributed by atoms with E-state index in [0.29, 0.717) is 12.8 Å². The topological polar surface area (TPSA) is 106 Å². The van der Waals surface area contributed by atoms with Crippen LogP contribution in [0.2, 0.25) is 0 Å². The van der Waals surface area contributed by atoms with E-state index in [2.05, 4.69) is 5.32 Å². The largest absolute Gasteiger partial charge is 0.481 e. The predicted octanol–water partition coefficient (Wildman–Crippen LogP) is 2.82. The van der Waals surface area contributed by atoms with Crippen LogP contribution in [0.25, 0.3) is 16.6 Å². The summed E-state index contributed by atoms with van der Waals surface area (Å²) in [6.45, 7) is -0.356. The Morgan fingerprint density at radius 1 is 1.15 bits per heavy atom. The van der Waals surface area contributed by atoms with Crippen LogP contribution in [0.1, 0.15) is 35.9 Å². The van der Waals surface area contributed by atoms with Crippen molar-refractivity contribution in [2.24, 2.45) is 7.05 Å². The van der Waals surface area contributed by atoms with Crippen LogP contribution in [0.5, 0.6) is 5.75 Å². The Labute approximate surface area is 224 Å². The molecule has 2 aromatic heterocycles. The summed E-state index contributed by atoms with van der Waals surface area (Å²) in [5.74, 6) is -4.08. The molecule has 0 unspecified atom stereocenters. The van der Waals surface area contributed by atoms with Crippen molar-refractivity contribution >= 4 is 22.7 Å². The molecule has 1 fully saturated rings. The molecule has 216 valence electrons. The number of aliphatic hydroxyl groups excluding tert-OH is 1. The van der Waals surface area contributed by atoms with E-state index in [1.807, 2.05) is 0 Å². The second kappa shape index (κ2) is 11.3. The molecule has 0 spiro atoms. The molecule has 3 aromatic rings. The minimum absolute atomic E-state index is 0.0422. The number of nitrogens with zero attached hydrogens (tertiary/aromatic N) is 3. The number of alkyl halides is 3. The predicted molar refractivity (Wildman–Crippen MR) is 134 cm³/mol. The zero-order chi connectivity index (χ0) is 29.4. The van der Waals surface area contributed by atoms with E-state index < -0.39 is 71.3 Å². The third-order valence-corrected chi connectivity index (χ3v) is 6.84. The summed E-state index contributed by atoms with van der Waals surface area (Å²) in [4.78, 5) is 40.3. The number of halogens is 5. The maximum absolute atomic E-state index is 14.7. The number of benzene rings is 1. The molecule has 2 amide bonds. The smallest absolute Gasteiger partial charge is 0.422 e. The average Bonchev–Trinajstić information content (AvgIpc) is 3.19. The van der Waals surface area contributed by atoms with Crippen molar-refractivity contribution in [1.29, 1.82) is 0 Å². The lowest BCUT2D eigenvalue weighted by molar-refractivity contribution is -0.153. The summed E-state index contributed by atoms with van der Waals surface area (Å²) in [5.41, 5.74) is -1.94. The first kappa shape index (κ1) is 29.1. The molecule has 1 aromatic carbocycles. The van der Waals surface area contributed by atoms with Gasteiger partial charge in [-0.15, -0.1) is 0 Å². The van der Waals surface area contributed by atoms with Gasteiger partial charge in [-0.25, -0.2) is 8.78 Å². The molecule has 14 heteroatoms. The SMILES string of the molecule is CCc1cc2c(c(OCC(F)(F)F)c(C(=O)NC3CCN(C(=O)CO)CC3)n2C)c(=O)n1-c1c(F)cccc1F. The number of fused-ring (bicyclic) bond motifs is 1. The van der Waals surface area contributed by atoms with Crippen LogP contribution in [-0.4, -0.2) is 69.5 Å². The first-order chi connectivity index (χ1) is 18.9. The Morgan fingerprint density at radius 3 is 2.33 bits per heavy atom. The molecule has 1 aliphatic heterocycles. The fraction of sp³-hybridized carbons (Fsp3) is 0.423. The fourth-order valence-electron chi connectivity index (χ4n) is 4.90. The highest BCUT2D eigenvalue weighted by Crippen LogP contribution is 2.34. The number of amides is 2. The molecule has 0 aliphatic carbocycles. The van der Waals surface area contributed by atoms with Gasteiger partial charge in [0.2, 0.25) is 5.91 Å². The van der Waals surface area contributed by atoms with E-state index in [4.69, 9.17) is 9.84 Å². The molecule has 0 saturated carbocycles. The zero-order valence-corrected chi connectivity index (χ0v) is 21.6. The number of piperidine rings is 1. The number of carbonyl (C=O) groups is 2. The van der Waals surface area contributed by atoms with Gasteiger partial charge in [-0.2, -0.15) is 13.2 Å². The van der Waals surface area contributed by atoms with E-state index in [0.717, 1.165) is 22.8 Å². The van der Waals surface area contributed by atoms with Gasteiger partial charge in [0.25, 0.3) is 11.5 Å². The maximum atomic E-state index is 14.7. The number of pyridine rings is 1. The molecule has 1 saturated heterocycles. The molecular weight excluding hydrogens is 543 g/mol. The quantitative estimate of drug-likeness (QED) is 0.425. The van der Waals surface area contributed by atoms with Gasteiger partial charge >= 0.3 is 6.18 Å². The van der Waals surface area contributed by atoms with Crippen LogP contribution < -0.4 is 15.6 Å². The van der Waals surface area contributed by atoms with Crippen LogP contribution in [0, 0.1) is 11.6 Å². The molecule has 2 N–H and O–H groups in total. The number of carbonyl (C=O) groups excluding carboxylic acids is 2. The Kier molecular flexibility index (Phi) is 8.19. The molecular formula is C26H27F5N4O5. The van der Waals surface area contributed by atoms with Crippen LogP contribution >= 0.6 is 0 Å². The van der Waals surface area contributed by atoms with Crippen LogP contribution in [-0.2, 0) is 18.3 Å². The highest BCUT2D eigenvalue weighted by atomic mass is 19.4. The zero-order valence-electron chi connectivity index (χ0n) is 21.6. The van der Waals surface area contributed by atoms with Crippen molar-refractivity contribution in [3.05, 3.63) is 57.6 Å². The number of nitrogens with one attached hydrogen (secondary N) is 1. The van der Waals surface area contributed by atoms with E-state index in [9.17, 15) is 36.3 Å². The fourth-order valence-corrected chi connectivity index (χ4v) is 4.90. The second-order valence-corrected chi connectivity index (χ2v) is 9.39. The Balaban J connectivity index is 1.84. The summed E-state index contributed by atoms with van der Waals surface area (Å²) in [7, 11) is 1.37. The van der Waals surface area contributed by atoms with Crippen molar-refractivity contribution in [2.75, 3.05) is 26.3 Å². The molecule has 3 heterocycles. The lowest BCUT2D eigenvalue weighted by Crippen LogP contribution is -2.47. The van der Waals surface area contributed by atoms with Gasteiger partial charge in [0.05, 0.1) is 5.52 Å². The number of likely N-dealkylation sites (tertiary alicyclic amines) is 1. The number of rotatable bonds is 7. The highest BCUT2D eigenvalue weighted by molar-refractivity contribution is 6.04. The molecule has 0 radical (unpaired) electrons. The highest BCUT2D eigenvalue weighted by Gasteiger charge is 2.34. The molecule has 0 atom stereocenters. The van der Waals surface area contributed by atoms with Gasteiger partial charge in [0.1, 0.15) is 29.3 Å². The molecule has 1 aliphatic rings. The second-order valence-electron chi connectivity index (χ2n) is 9.39. The number of aromatic nitrogens is 2.